The molecule has 0 atom stereocenters. The van der Waals surface area contributed by atoms with Gasteiger partial charge in [-0.2, -0.15) is 5.10 Å². The third-order valence-corrected chi connectivity index (χ3v) is 5.29. The number of ether oxygens (including phenoxy) is 2. The largest absolute Gasteiger partial charge is 0.493 e. The van der Waals surface area contributed by atoms with Crippen molar-refractivity contribution in [2.45, 2.75) is 20.5 Å². The molecule has 3 rings (SSSR count). The summed E-state index contributed by atoms with van der Waals surface area (Å²) < 4.78 is 24.9. The van der Waals surface area contributed by atoms with Crippen LogP contribution < -0.4 is 20.2 Å². The molecule has 34 heavy (non-hydrogen) atoms. The number of hydrogen-bond acceptors (Lipinski definition) is 5. The SMILES string of the molecule is COc1cc(/C(C)=N/NC(=O)C(=O)Nc2ccc(C)c(Cl)c2)ccc1OCc1ccccc1F. The van der Waals surface area contributed by atoms with E-state index in [1.54, 1.807) is 61.5 Å². The van der Waals surface area contributed by atoms with E-state index in [0.29, 0.717) is 39.0 Å². The fourth-order valence-electron chi connectivity index (χ4n) is 2.89. The number of aryl methyl sites for hydroxylation is 1. The molecule has 176 valence electrons. The lowest BCUT2D eigenvalue weighted by molar-refractivity contribution is -0.136. The lowest BCUT2D eigenvalue weighted by Gasteiger charge is -2.13. The molecule has 0 aliphatic carbocycles. The van der Waals surface area contributed by atoms with Crippen LogP contribution in [0.1, 0.15) is 23.6 Å². The van der Waals surface area contributed by atoms with Gasteiger partial charge >= 0.3 is 11.8 Å². The summed E-state index contributed by atoms with van der Waals surface area (Å²) in [4.78, 5) is 24.2. The molecule has 7 nitrogen and oxygen atoms in total. The van der Waals surface area contributed by atoms with E-state index in [4.69, 9.17) is 21.1 Å². The van der Waals surface area contributed by atoms with E-state index >= 15 is 0 Å². The Labute approximate surface area is 201 Å². The van der Waals surface area contributed by atoms with E-state index in [9.17, 15) is 14.0 Å². The molecule has 0 unspecified atom stereocenters. The maximum absolute atomic E-state index is 13.8. The van der Waals surface area contributed by atoms with Gasteiger partial charge in [0.15, 0.2) is 11.5 Å². The van der Waals surface area contributed by atoms with E-state index in [0.717, 1.165) is 5.56 Å². The monoisotopic (exact) mass is 483 g/mol. The first kappa shape index (κ1) is 24.7. The van der Waals surface area contributed by atoms with Crippen molar-refractivity contribution in [2.75, 3.05) is 12.4 Å². The highest BCUT2D eigenvalue weighted by atomic mass is 35.5. The molecule has 0 aliphatic rings. The number of carbonyl (C=O) groups is 2. The number of halogens is 2. The number of carbonyl (C=O) groups excluding carboxylic acids is 2. The van der Waals surface area contributed by atoms with Gasteiger partial charge in [0.2, 0.25) is 0 Å². The third-order valence-electron chi connectivity index (χ3n) is 4.88. The normalized spacial score (nSPS) is 11.0. The van der Waals surface area contributed by atoms with Gasteiger partial charge in [0.1, 0.15) is 12.4 Å². The Morgan fingerprint density at radius 3 is 2.50 bits per heavy atom. The van der Waals surface area contributed by atoms with Gasteiger partial charge in [-0.25, -0.2) is 9.82 Å². The number of hydrogen-bond donors (Lipinski definition) is 2. The molecule has 2 N–H and O–H groups in total. The van der Waals surface area contributed by atoms with Crippen molar-refractivity contribution >= 4 is 34.8 Å². The fraction of sp³-hybridized carbons (Fsp3) is 0.160. The van der Waals surface area contributed by atoms with Gasteiger partial charge < -0.3 is 14.8 Å². The molecule has 3 aromatic carbocycles. The minimum absolute atomic E-state index is 0.0345. The van der Waals surface area contributed by atoms with Crippen LogP contribution in [-0.4, -0.2) is 24.6 Å². The molecule has 0 radical (unpaired) electrons. The summed E-state index contributed by atoms with van der Waals surface area (Å²) in [5, 5.41) is 6.92. The van der Waals surface area contributed by atoms with Crippen molar-refractivity contribution in [3.8, 4) is 11.5 Å². The minimum Gasteiger partial charge on any atom is -0.493 e. The summed E-state index contributed by atoms with van der Waals surface area (Å²) in [5.41, 5.74) is 4.94. The standard InChI is InChI=1S/C25H23ClFN3O4/c1-15-8-10-19(13-20(15)26)28-24(31)25(32)30-29-16(2)17-9-11-22(23(12-17)33-3)34-14-18-6-4-5-7-21(18)27/h4-13H,14H2,1-3H3,(H,28,31)(H,30,32)/b29-16+. The van der Waals surface area contributed by atoms with E-state index in [1.165, 1.54) is 13.2 Å². The second kappa shape index (κ2) is 11.3. The summed E-state index contributed by atoms with van der Waals surface area (Å²) in [6.07, 6.45) is 0. The Hall–Kier alpha value is -3.91. The molecule has 0 spiro atoms. The van der Waals surface area contributed by atoms with E-state index in [2.05, 4.69) is 15.8 Å². The molecule has 9 heteroatoms. The maximum atomic E-state index is 13.8. The topological polar surface area (TPSA) is 89.0 Å². The first-order valence-corrected chi connectivity index (χ1v) is 10.6. The Balaban J connectivity index is 1.63. The molecule has 0 aromatic heterocycles. The molecule has 0 bridgehead atoms. The second-order valence-electron chi connectivity index (χ2n) is 7.30. The van der Waals surface area contributed by atoms with E-state index in [-0.39, 0.29) is 12.4 Å². The van der Waals surface area contributed by atoms with Crippen LogP contribution in [0.15, 0.2) is 65.8 Å². The summed E-state index contributed by atoms with van der Waals surface area (Å²) in [7, 11) is 1.48. The van der Waals surface area contributed by atoms with Crippen LogP contribution in [0.5, 0.6) is 11.5 Å². The highest BCUT2D eigenvalue weighted by Crippen LogP contribution is 2.29. The van der Waals surface area contributed by atoms with Crippen molar-refractivity contribution in [1.29, 1.82) is 0 Å². The highest BCUT2D eigenvalue weighted by molar-refractivity contribution is 6.40. The van der Waals surface area contributed by atoms with Crippen LogP contribution in [0.3, 0.4) is 0 Å². The van der Waals surface area contributed by atoms with Gasteiger partial charge in [-0.05, 0) is 55.8 Å². The Morgan fingerprint density at radius 2 is 1.79 bits per heavy atom. The number of benzene rings is 3. The third kappa shape index (κ3) is 6.32. The fourth-order valence-corrected chi connectivity index (χ4v) is 3.07. The van der Waals surface area contributed by atoms with Gasteiger partial charge in [0.25, 0.3) is 0 Å². The molecule has 0 aliphatic heterocycles. The Morgan fingerprint density at radius 1 is 1.03 bits per heavy atom. The number of hydrazone groups is 1. The predicted octanol–water partition coefficient (Wildman–Crippen LogP) is 4.85. The van der Waals surface area contributed by atoms with Crippen molar-refractivity contribution < 1.29 is 23.5 Å². The number of nitrogens with zero attached hydrogens (tertiary/aromatic N) is 1. The number of amides is 2. The smallest absolute Gasteiger partial charge is 0.329 e. The van der Waals surface area contributed by atoms with Gasteiger partial charge in [-0.3, -0.25) is 9.59 Å². The summed E-state index contributed by atoms with van der Waals surface area (Å²) >= 11 is 6.03. The Bertz CT molecular complexity index is 1250. The average molecular weight is 484 g/mol. The molecule has 3 aromatic rings. The van der Waals surface area contributed by atoms with Crippen LogP contribution >= 0.6 is 11.6 Å². The minimum atomic E-state index is -0.937. The van der Waals surface area contributed by atoms with Crippen molar-refractivity contribution in [2.24, 2.45) is 5.10 Å². The lowest BCUT2D eigenvalue weighted by atomic mass is 10.1. The Kier molecular flexibility index (Phi) is 8.21. The second-order valence-corrected chi connectivity index (χ2v) is 7.71. The predicted molar refractivity (Wildman–Crippen MR) is 129 cm³/mol. The van der Waals surface area contributed by atoms with Crippen molar-refractivity contribution in [3.63, 3.8) is 0 Å². The summed E-state index contributed by atoms with van der Waals surface area (Å²) in [6.45, 7) is 3.52. The molecule has 0 saturated heterocycles. The zero-order valence-corrected chi connectivity index (χ0v) is 19.6. The number of nitrogens with one attached hydrogen (secondary N) is 2. The zero-order chi connectivity index (χ0) is 24.7. The molecular weight excluding hydrogens is 461 g/mol. The van der Waals surface area contributed by atoms with Gasteiger partial charge in [-0.15, -0.1) is 0 Å². The summed E-state index contributed by atoms with van der Waals surface area (Å²) in [5.74, 6) is -1.35. The molecule has 2 amide bonds. The number of methoxy groups -OCH3 is 1. The van der Waals surface area contributed by atoms with Crippen molar-refractivity contribution in [3.05, 3.63) is 88.2 Å². The van der Waals surface area contributed by atoms with Gasteiger partial charge in [0, 0.05) is 21.8 Å². The first-order chi connectivity index (χ1) is 16.3. The molecular formula is C25H23ClFN3O4. The molecule has 0 saturated carbocycles. The van der Waals surface area contributed by atoms with Gasteiger partial charge in [-0.1, -0.05) is 35.9 Å². The van der Waals surface area contributed by atoms with Crippen LogP contribution in [0, 0.1) is 12.7 Å². The maximum Gasteiger partial charge on any atom is 0.329 e. The van der Waals surface area contributed by atoms with Crippen LogP contribution in [-0.2, 0) is 16.2 Å². The zero-order valence-electron chi connectivity index (χ0n) is 18.8. The first-order valence-electron chi connectivity index (χ1n) is 10.2. The number of anilines is 1. The molecule has 0 fully saturated rings. The average Bonchev–Trinajstić information content (AvgIpc) is 2.84. The van der Waals surface area contributed by atoms with E-state index in [1.807, 2.05) is 6.92 Å². The van der Waals surface area contributed by atoms with E-state index < -0.39 is 11.8 Å². The quantitative estimate of drug-likeness (QED) is 0.285. The molecule has 0 heterocycles. The van der Waals surface area contributed by atoms with Crippen molar-refractivity contribution in [1.82, 2.24) is 5.43 Å². The van der Waals surface area contributed by atoms with Crippen LogP contribution in [0.4, 0.5) is 10.1 Å². The summed E-state index contributed by atoms with van der Waals surface area (Å²) in [6, 6.07) is 16.3. The number of rotatable bonds is 7. The lowest BCUT2D eigenvalue weighted by Crippen LogP contribution is -2.32. The van der Waals surface area contributed by atoms with Crippen LogP contribution in [0.25, 0.3) is 0 Å². The van der Waals surface area contributed by atoms with Gasteiger partial charge in [0.05, 0.1) is 12.8 Å². The van der Waals surface area contributed by atoms with Crippen LogP contribution in [0.2, 0.25) is 5.02 Å². The highest BCUT2D eigenvalue weighted by Gasteiger charge is 2.15.